The number of hydrogen-bond acceptors (Lipinski definition) is 4. The van der Waals surface area contributed by atoms with Crippen LogP contribution in [0.25, 0.3) is 10.8 Å². The molecular weight excluding hydrogens is 297 g/mol. The first-order valence-electron chi connectivity index (χ1n) is 6.43. The average molecular weight is 313 g/mol. The number of H-pyrrole nitrogens is 1. The summed E-state index contributed by atoms with van der Waals surface area (Å²) in [5.41, 5.74) is 0.956. The smallest absolute Gasteiger partial charge is 0.264 e. The van der Waals surface area contributed by atoms with E-state index in [1.165, 1.54) is 6.07 Å². The largest absolute Gasteiger partial charge is 0.326 e. The minimum absolute atomic E-state index is 0.0427. The van der Waals surface area contributed by atoms with Crippen molar-refractivity contribution in [1.29, 1.82) is 0 Å². The number of aromatic amines is 1. The Morgan fingerprint density at radius 1 is 1.33 bits per heavy atom. The molecule has 0 unspecified atom stereocenters. The van der Waals surface area contributed by atoms with Crippen molar-refractivity contribution in [2.75, 3.05) is 12.9 Å². The third-order valence-corrected chi connectivity index (χ3v) is 3.72. The van der Waals surface area contributed by atoms with E-state index in [-0.39, 0.29) is 12.0 Å². The zero-order valence-corrected chi connectivity index (χ0v) is 12.6. The maximum Gasteiger partial charge on any atom is 0.264 e. The van der Waals surface area contributed by atoms with Crippen molar-refractivity contribution in [3.8, 4) is 0 Å². The minimum atomic E-state index is -3.46. The summed E-state index contributed by atoms with van der Waals surface area (Å²) in [6.07, 6.45) is 1.86. The molecule has 1 N–H and O–H groups in total. The van der Waals surface area contributed by atoms with Gasteiger partial charge in [0.1, 0.15) is 5.82 Å². The van der Waals surface area contributed by atoms with Crippen LogP contribution in [0.1, 0.15) is 17.7 Å². The topological polar surface area (TPSA) is 76.2 Å². The van der Waals surface area contributed by atoms with Crippen molar-refractivity contribution >= 4 is 20.9 Å². The van der Waals surface area contributed by atoms with Crippen molar-refractivity contribution < 1.29 is 17.0 Å². The van der Waals surface area contributed by atoms with Crippen molar-refractivity contribution in [3.63, 3.8) is 0 Å². The van der Waals surface area contributed by atoms with Crippen molar-refractivity contribution in [1.82, 2.24) is 4.98 Å². The highest BCUT2D eigenvalue weighted by atomic mass is 32.2. The Morgan fingerprint density at radius 3 is 2.71 bits per heavy atom. The highest BCUT2D eigenvalue weighted by molar-refractivity contribution is 7.85. The fraction of sp³-hybridized carbons (Fsp3) is 0.357. The van der Waals surface area contributed by atoms with Crippen LogP contribution < -0.4 is 5.56 Å². The van der Waals surface area contributed by atoms with Gasteiger partial charge in [-0.3, -0.25) is 8.98 Å². The highest BCUT2D eigenvalue weighted by Gasteiger charge is 2.09. The molecule has 0 atom stereocenters. The maximum atomic E-state index is 13.7. The Balaban J connectivity index is 2.23. The van der Waals surface area contributed by atoms with Crippen molar-refractivity contribution in [3.05, 3.63) is 45.6 Å². The standard InChI is InChI=1S/C14H16FNO4S/c1-9-5-6-12(15)13-11(9)8-10(16-14(13)17)4-3-7-20-21(2,18)19/h5-6,8H,3-4,7H2,1-2H3,(H,16,17). The Kier molecular flexibility index (Phi) is 4.43. The molecule has 1 heterocycles. The molecule has 0 aliphatic rings. The summed E-state index contributed by atoms with van der Waals surface area (Å²) in [6.45, 7) is 1.85. The Hall–Kier alpha value is -1.73. The van der Waals surface area contributed by atoms with Crippen LogP contribution in [0, 0.1) is 12.7 Å². The van der Waals surface area contributed by atoms with E-state index in [2.05, 4.69) is 9.17 Å². The summed E-state index contributed by atoms with van der Waals surface area (Å²) in [7, 11) is -3.46. The van der Waals surface area contributed by atoms with Gasteiger partial charge in [0.05, 0.1) is 18.2 Å². The number of benzene rings is 1. The fourth-order valence-electron chi connectivity index (χ4n) is 2.14. The van der Waals surface area contributed by atoms with Gasteiger partial charge in [-0.2, -0.15) is 8.42 Å². The van der Waals surface area contributed by atoms with E-state index < -0.39 is 21.5 Å². The molecule has 2 rings (SSSR count). The molecule has 0 aliphatic heterocycles. The van der Waals surface area contributed by atoms with E-state index in [1.807, 2.05) is 0 Å². The van der Waals surface area contributed by atoms with Crippen LogP contribution in [0.3, 0.4) is 0 Å². The van der Waals surface area contributed by atoms with Crippen LogP contribution >= 0.6 is 0 Å². The molecule has 0 amide bonds. The van der Waals surface area contributed by atoms with Gasteiger partial charge in [-0.15, -0.1) is 0 Å². The van der Waals surface area contributed by atoms with Gasteiger partial charge in [0.2, 0.25) is 0 Å². The normalized spacial score (nSPS) is 12.0. The molecule has 0 radical (unpaired) electrons. The summed E-state index contributed by atoms with van der Waals surface area (Å²) in [5, 5.41) is 0.615. The van der Waals surface area contributed by atoms with Crippen molar-refractivity contribution in [2.24, 2.45) is 0 Å². The summed E-state index contributed by atoms with van der Waals surface area (Å²) < 4.78 is 40.0. The molecule has 2 aromatic rings. The zero-order valence-electron chi connectivity index (χ0n) is 11.8. The number of aryl methyl sites for hydroxylation is 2. The second kappa shape index (κ2) is 5.95. The zero-order chi connectivity index (χ0) is 15.6. The molecule has 7 heteroatoms. The molecular formula is C14H16FNO4S. The lowest BCUT2D eigenvalue weighted by Crippen LogP contribution is -2.12. The Morgan fingerprint density at radius 2 is 2.05 bits per heavy atom. The van der Waals surface area contributed by atoms with Gasteiger partial charge in [0.15, 0.2) is 0 Å². The number of aromatic nitrogens is 1. The van der Waals surface area contributed by atoms with Gasteiger partial charge < -0.3 is 4.98 Å². The average Bonchev–Trinajstić information content (AvgIpc) is 2.38. The maximum absolute atomic E-state index is 13.7. The molecule has 1 aromatic carbocycles. The summed E-state index contributed by atoms with van der Waals surface area (Å²) in [5.74, 6) is -0.552. The predicted molar refractivity (Wildman–Crippen MR) is 78.4 cm³/mol. The van der Waals surface area contributed by atoms with Crippen LogP contribution in [-0.2, 0) is 20.7 Å². The first kappa shape index (κ1) is 15.7. The molecule has 114 valence electrons. The SMILES string of the molecule is Cc1ccc(F)c2c(=O)[nH]c(CCCOS(C)(=O)=O)cc12. The van der Waals surface area contributed by atoms with Gasteiger partial charge in [-0.05, 0) is 42.8 Å². The molecule has 0 spiro atoms. The molecule has 1 aromatic heterocycles. The molecule has 0 fully saturated rings. The van der Waals surface area contributed by atoms with Crippen LogP contribution in [0.2, 0.25) is 0 Å². The molecule has 0 saturated carbocycles. The van der Waals surface area contributed by atoms with Gasteiger partial charge >= 0.3 is 0 Å². The second-order valence-electron chi connectivity index (χ2n) is 4.91. The number of pyridine rings is 1. The number of hydrogen-bond donors (Lipinski definition) is 1. The lowest BCUT2D eigenvalue weighted by atomic mass is 10.0. The second-order valence-corrected chi connectivity index (χ2v) is 6.55. The number of fused-ring (bicyclic) bond motifs is 1. The third kappa shape index (κ3) is 3.89. The Bertz CT molecular complexity index is 827. The highest BCUT2D eigenvalue weighted by Crippen LogP contribution is 2.19. The van der Waals surface area contributed by atoms with E-state index >= 15 is 0 Å². The van der Waals surface area contributed by atoms with E-state index in [1.54, 1.807) is 19.1 Å². The quantitative estimate of drug-likeness (QED) is 0.675. The van der Waals surface area contributed by atoms with Gasteiger partial charge in [0, 0.05) is 5.69 Å². The van der Waals surface area contributed by atoms with E-state index in [0.717, 1.165) is 11.8 Å². The van der Waals surface area contributed by atoms with Crippen LogP contribution in [0.5, 0.6) is 0 Å². The molecule has 21 heavy (non-hydrogen) atoms. The Labute approximate surface area is 121 Å². The molecule has 0 bridgehead atoms. The molecule has 0 aliphatic carbocycles. The van der Waals surface area contributed by atoms with Gasteiger partial charge in [-0.25, -0.2) is 4.39 Å². The van der Waals surface area contributed by atoms with Crippen LogP contribution in [0.4, 0.5) is 4.39 Å². The fourth-order valence-corrected chi connectivity index (χ4v) is 2.56. The van der Waals surface area contributed by atoms with Crippen molar-refractivity contribution in [2.45, 2.75) is 19.8 Å². The van der Waals surface area contributed by atoms with E-state index in [0.29, 0.717) is 23.9 Å². The van der Waals surface area contributed by atoms with E-state index in [9.17, 15) is 17.6 Å². The van der Waals surface area contributed by atoms with Gasteiger partial charge in [0.25, 0.3) is 15.7 Å². The third-order valence-electron chi connectivity index (χ3n) is 3.12. The van der Waals surface area contributed by atoms with Crippen LogP contribution in [0.15, 0.2) is 23.0 Å². The minimum Gasteiger partial charge on any atom is -0.326 e. The van der Waals surface area contributed by atoms with Gasteiger partial charge in [-0.1, -0.05) is 6.07 Å². The monoisotopic (exact) mass is 313 g/mol. The number of rotatable bonds is 5. The lowest BCUT2D eigenvalue weighted by molar-refractivity contribution is 0.315. The summed E-state index contributed by atoms with van der Waals surface area (Å²) >= 11 is 0. The van der Waals surface area contributed by atoms with E-state index in [4.69, 9.17) is 0 Å². The number of nitrogens with one attached hydrogen (secondary N) is 1. The number of halogens is 1. The lowest BCUT2D eigenvalue weighted by Gasteiger charge is -2.07. The predicted octanol–water partition coefficient (Wildman–Crippen LogP) is 1.88. The first-order chi connectivity index (χ1) is 9.78. The summed E-state index contributed by atoms with van der Waals surface area (Å²) in [4.78, 5) is 14.6. The molecule has 5 nitrogen and oxygen atoms in total. The molecule has 0 saturated heterocycles. The summed E-state index contributed by atoms with van der Waals surface area (Å²) in [6, 6.07) is 4.61. The van der Waals surface area contributed by atoms with Crippen LogP contribution in [-0.4, -0.2) is 26.3 Å². The first-order valence-corrected chi connectivity index (χ1v) is 8.25.